The van der Waals surface area contributed by atoms with Crippen molar-refractivity contribution < 1.29 is 9.53 Å². The van der Waals surface area contributed by atoms with E-state index in [1.807, 2.05) is 36.5 Å². The van der Waals surface area contributed by atoms with E-state index in [4.69, 9.17) is 10.5 Å². The Hall–Kier alpha value is -1.89. The van der Waals surface area contributed by atoms with Gasteiger partial charge in [-0.05, 0) is 43.2 Å². The molecular weight excluding hydrogens is 304 g/mol. The van der Waals surface area contributed by atoms with Crippen LogP contribution in [0.25, 0.3) is 5.69 Å². The molecule has 1 amide bonds. The van der Waals surface area contributed by atoms with Gasteiger partial charge in [0.05, 0.1) is 5.69 Å². The molecule has 1 saturated heterocycles. The van der Waals surface area contributed by atoms with Crippen molar-refractivity contribution in [3.63, 3.8) is 0 Å². The lowest BCUT2D eigenvalue weighted by Crippen LogP contribution is -2.54. The molecule has 3 rings (SSSR count). The van der Waals surface area contributed by atoms with Gasteiger partial charge in [-0.2, -0.15) is 5.10 Å². The first-order chi connectivity index (χ1) is 10.2. The third-order valence-corrected chi connectivity index (χ3v) is 3.73. The summed E-state index contributed by atoms with van der Waals surface area (Å²) in [7, 11) is 0. The van der Waals surface area contributed by atoms with Crippen LogP contribution < -0.4 is 11.1 Å². The molecule has 0 spiro atoms. The van der Waals surface area contributed by atoms with Crippen molar-refractivity contribution in [3.05, 3.63) is 42.7 Å². The molecule has 6 nitrogen and oxygen atoms in total. The zero-order valence-corrected chi connectivity index (χ0v) is 12.9. The summed E-state index contributed by atoms with van der Waals surface area (Å²) in [6.45, 7) is 1.06. The van der Waals surface area contributed by atoms with Crippen LogP contribution in [0.3, 0.4) is 0 Å². The molecule has 1 fully saturated rings. The van der Waals surface area contributed by atoms with Gasteiger partial charge >= 0.3 is 0 Å². The molecule has 1 aliphatic rings. The summed E-state index contributed by atoms with van der Waals surface area (Å²) in [6.07, 6.45) is 4.68. The number of hydrogen-bond acceptors (Lipinski definition) is 4. The molecule has 2 aromatic rings. The first kappa shape index (κ1) is 16.5. The summed E-state index contributed by atoms with van der Waals surface area (Å²) in [5.74, 6) is -0.155. The highest BCUT2D eigenvalue weighted by Crippen LogP contribution is 2.20. The SMILES string of the molecule is Cl.NC1(C(=O)Nc2ccc(-n3cccn3)cc2)CCOCC1. The molecular formula is C15H19ClN4O2. The lowest BCUT2D eigenvalue weighted by atomic mass is 9.90. The number of ether oxygens (including phenoxy) is 1. The maximum Gasteiger partial charge on any atom is 0.244 e. The average molecular weight is 323 g/mol. The van der Waals surface area contributed by atoms with E-state index in [1.54, 1.807) is 10.9 Å². The summed E-state index contributed by atoms with van der Waals surface area (Å²) < 4.78 is 7.01. The normalized spacial score (nSPS) is 16.6. The summed E-state index contributed by atoms with van der Waals surface area (Å²) >= 11 is 0. The smallest absolute Gasteiger partial charge is 0.244 e. The van der Waals surface area contributed by atoms with Crippen molar-refractivity contribution in [1.82, 2.24) is 9.78 Å². The molecule has 22 heavy (non-hydrogen) atoms. The van der Waals surface area contributed by atoms with Crippen molar-refractivity contribution >= 4 is 24.0 Å². The predicted molar refractivity (Wildman–Crippen MR) is 86.4 cm³/mol. The fourth-order valence-corrected chi connectivity index (χ4v) is 2.34. The second-order valence-electron chi connectivity index (χ2n) is 5.22. The molecule has 0 bridgehead atoms. The molecule has 0 unspecified atom stereocenters. The van der Waals surface area contributed by atoms with E-state index in [1.165, 1.54) is 0 Å². The minimum atomic E-state index is -0.834. The van der Waals surface area contributed by atoms with Gasteiger partial charge in [0.25, 0.3) is 0 Å². The first-order valence-electron chi connectivity index (χ1n) is 6.96. The maximum atomic E-state index is 12.3. The van der Waals surface area contributed by atoms with E-state index in [0.717, 1.165) is 11.4 Å². The Bertz CT molecular complexity index is 607. The fraction of sp³-hybridized carbons (Fsp3) is 0.333. The Labute approximate surface area is 135 Å². The highest BCUT2D eigenvalue weighted by Gasteiger charge is 2.35. The van der Waals surface area contributed by atoms with E-state index in [2.05, 4.69) is 10.4 Å². The fourth-order valence-electron chi connectivity index (χ4n) is 2.34. The number of carbonyl (C=O) groups excluding carboxylic acids is 1. The number of carbonyl (C=O) groups is 1. The minimum absolute atomic E-state index is 0. The van der Waals surface area contributed by atoms with Gasteiger partial charge in [0.2, 0.25) is 5.91 Å². The van der Waals surface area contributed by atoms with Crippen LogP contribution in [0.2, 0.25) is 0 Å². The lowest BCUT2D eigenvalue weighted by molar-refractivity contribution is -0.124. The van der Waals surface area contributed by atoms with E-state index in [-0.39, 0.29) is 18.3 Å². The van der Waals surface area contributed by atoms with Gasteiger partial charge in [-0.1, -0.05) is 0 Å². The van der Waals surface area contributed by atoms with Crippen LogP contribution in [-0.4, -0.2) is 34.4 Å². The third-order valence-electron chi connectivity index (χ3n) is 3.73. The third kappa shape index (κ3) is 3.47. The van der Waals surface area contributed by atoms with Crippen molar-refractivity contribution in [3.8, 4) is 5.69 Å². The first-order valence-corrected chi connectivity index (χ1v) is 6.96. The van der Waals surface area contributed by atoms with Crippen molar-refractivity contribution in [1.29, 1.82) is 0 Å². The number of hydrogen-bond donors (Lipinski definition) is 2. The molecule has 1 aliphatic heterocycles. The van der Waals surface area contributed by atoms with Gasteiger partial charge in [-0.25, -0.2) is 4.68 Å². The quantitative estimate of drug-likeness (QED) is 0.901. The molecule has 1 aromatic carbocycles. The van der Waals surface area contributed by atoms with Crippen LogP contribution in [0.1, 0.15) is 12.8 Å². The summed E-state index contributed by atoms with van der Waals surface area (Å²) in [6, 6.07) is 9.35. The Balaban J connectivity index is 0.00000176. The molecule has 0 saturated carbocycles. The average Bonchev–Trinajstić information content (AvgIpc) is 3.03. The van der Waals surface area contributed by atoms with Crippen molar-refractivity contribution in [2.45, 2.75) is 18.4 Å². The Morgan fingerprint density at radius 3 is 2.55 bits per heavy atom. The molecule has 7 heteroatoms. The standard InChI is InChI=1S/C15H18N4O2.ClH/c16-15(6-10-21-11-7-15)14(20)18-12-2-4-13(5-3-12)19-9-1-8-17-19;/h1-5,8-9H,6-7,10-11,16H2,(H,18,20);1H. The zero-order chi connectivity index (χ0) is 14.7. The number of halogens is 1. The monoisotopic (exact) mass is 322 g/mol. The number of nitrogens with two attached hydrogens (primary N) is 1. The van der Waals surface area contributed by atoms with E-state index in [0.29, 0.717) is 26.1 Å². The summed E-state index contributed by atoms with van der Waals surface area (Å²) in [4.78, 5) is 12.3. The number of amides is 1. The maximum absolute atomic E-state index is 12.3. The molecule has 2 heterocycles. The van der Waals surface area contributed by atoms with Crippen LogP contribution in [-0.2, 0) is 9.53 Å². The number of nitrogens with one attached hydrogen (secondary N) is 1. The molecule has 0 aliphatic carbocycles. The van der Waals surface area contributed by atoms with Gasteiger partial charge in [-0.3, -0.25) is 4.79 Å². The van der Waals surface area contributed by atoms with Gasteiger partial charge in [0.1, 0.15) is 5.54 Å². The molecule has 3 N–H and O–H groups in total. The minimum Gasteiger partial charge on any atom is -0.381 e. The van der Waals surface area contributed by atoms with E-state index < -0.39 is 5.54 Å². The Morgan fingerprint density at radius 2 is 1.95 bits per heavy atom. The molecule has 0 atom stereocenters. The van der Waals surface area contributed by atoms with Gasteiger partial charge in [-0.15, -0.1) is 12.4 Å². The number of anilines is 1. The lowest BCUT2D eigenvalue weighted by Gasteiger charge is -2.31. The summed E-state index contributed by atoms with van der Waals surface area (Å²) in [5, 5.41) is 7.03. The second-order valence-corrected chi connectivity index (χ2v) is 5.22. The Kier molecular flexibility index (Phi) is 5.18. The molecule has 1 aromatic heterocycles. The number of nitrogens with zero attached hydrogens (tertiary/aromatic N) is 2. The largest absolute Gasteiger partial charge is 0.381 e. The van der Waals surface area contributed by atoms with Gasteiger partial charge < -0.3 is 15.8 Å². The topological polar surface area (TPSA) is 82.2 Å². The van der Waals surface area contributed by atoms with Crippen molar-refractivity contribution in [2.75, 3.05) is 18.5 Å². The summed E-state index contributed by atoms with van der Waals surface area (Å²) in [5.41, 5.74) is 6.98. The van der Waals surface area contributed by atoms with E-state index >= 15 is 0 Å². The Morgan fingerprint density at radius 1 is 1.27 bits per heavy atom. The zero-order valence-electron chi connectivity index (χ0n) is 12.1. The van der Waals surface area contributed by atoms with Crippen LogP contribution >= 0.6 is 12.4 Å². The highest BCUT2D eigenvalue weighted by molar-refractivity contribution is 5.98. The van der Waals surface area contributed by atoms with Crippen molar-refractivity contribution in [2.24, 2.45) is 5.73 Å². The number of rotatable bonds is 3. The number of benzene rings is 1. The van der Waals surface area contributed by atoms with E-state index in [9.17, 15) is 4.79 Å². The van der Waals surface area contributed by atoms with Crippen LogP contribution in [0, 0.1) is 0 Å². The van der Waals surface area contributed by atoms with Gasteiger partial charge in [0, 0.05) is 31.3 Å². The van der Waals surface area contributed by atoms with Gasteiger partial charge in [0.15, 0.2) is 0 Å². The number of aromatic nitrogens is 2. The van der Waals surface area contributed by atoms with Crippen LogP contribution in [0.5, 0.6) is 0 Å². The predicted octanol–water partition coefficient (Wildman–Crippen LogP) is 1.74. The second kappa shape index (κ2) is 6.91. The van der Waals surface area contributed by atoms with Crippen LogP contribution in [0.4, 0.5) is 5.69 Å². The molecule has 0 radical (unpaired) electrons. The van der Waals surface area contributed by atoms with Crippen LogP contribution in [0.15, 0.2) is 42.7 Å². The highest BCUT2D eigenvalue weighted by atomic mass is 35.5. The molecule has 118 valence electrons.